The van der Waals surface area contributed by atoms with E-state index < -0.39 is 16.8 Å². The molecule has 2 fully saturated rings. The number of benzene rings is 2. The minimum atomic E-state index is -0.607. The molecule has 9 nitrogen and oxygen atoms in total. The maximum atomic E-state index is 13.6. The van der Waals surface area contributed by atoms with Gasteiger partial charge >= 0.3 is 18.0 Å². The van der Waals surface area contributed by atoms with E-state index in [0.29, 0.717) is 44.9 Å². The van der Waals surface area contributed by atoms with E-state index in [-0.39, 0.29) is 35.8 Å². The van der Waals surface area contributed by atoms with Gasteiger partial charge < -0.3 is 29.3 Å². The molecule has 9 heteroatoms. The standard InChI is InChI=1S/C45H69N3O6/c1-11-12-21-47-22-19-36(30-47)38(40(49)52-43(2,3)4)26-32-15-13-17-34(24-32)28-46-29-35-18-14-16-33(25-35)27-39(41(50)53-44(5,6)7)37-20-23-48(31-37)42(51)54-45(8,9)10/h13-18,24-25,36-39,46H,11-12,19-23,26-31H2,1-10H3/t36-,37-,38-,39-/m0/s1. The van der Waals surface area contributed by atoms with Crippen LogP contribution in [0.4, 0.5) is 4.79 Å². The van der Waals surface area contributed by atoms with Crippen LogP contribution in [0.25, 0.3) is 0 Å². The van der Waals surface area contributed by atoms with Gasteiger partial charge in [-0.1, -0.05) is 61.9 Å². The number of rotatable bonds is 15. The first kappa shape index (κ1) is 43.3. The number of hydrogen-bond donors (Lipinski definition) is 1. The third-order valence-corrected chi connectivity index (χ3v) is 10.1. The summed E-state index contributed by atoms with van der Waals surface area (Å²) >= 11 is 0. The molecule has 0 unspecified atom stereocenters. The van der Waals surface area contributed by atoms with E-state index in [2.05, 4.69) is 59.6 Å². The highest BCUT2D eigenvalue weighted by Gasteiger charge is 2.39. The lowest BCUT2D eigenvalue weighted by Gasteiger charge is -2.28. The smallest absolute Gasteiger partial charge is 0.410 e. The van der Waals surface area contributed by atoms with Crippen molar-refractivity contribution in [2.45, 2.75) is 138 Å². The third kappa shape index (κ3) is 14.3. The molecule has 2 aliphatic rings. The summed E-state index contributed by atoms with van der Waals surface area (Å²) in [5.41, 5.74) is 2.82. The second-order valence-electron chi connectivity index (χ2n) is 18.6. The molecular weight excluding hydrogens is 679 g/mol. The highest BCUT2D eigenvalue weighted by molar-refractivity contribution is 5.75. The number of likely N-dealkylation sites (tertiary alicyclic amines) is 2. The van der Waals surface area contributed by atoms with Crippen molar-refractivity contribution < 1.29 is 28.6 Å². The Bertz CT molecular complexity index is 1540. The topological polar surface area (TPSA) is 97.4 Å². The number of unbranched alkanes of at least 4 members (excludes halogenated alkanes) is 1. The monoisotopic (exact) mass is 748 g/mol. The van der Waals surface area contributed by atoms with Gasteiger partial charge in [0.2, 0.25) is 0 Å². The van der Waals surface area contributed by atoms with Gasteiger partial charge in [-0.15, -0.1) is 0 Å². The number of nitrogens with zero attached hydrogens (tertiary/aromatic N) is 2. The number of amides is 1. The second-order valence-corrected chi connectivity index (χ2v) is 18.6. The maximum Gasteiger partial charge on any atom is 0.410 e. The minimum Gasteiger partial charge on any atom is -0.460 e. The molecule has 1 N–H and O–H groups in total. The summed E-state index contributed by atoms with van der Waals surface area (Å²) in [6, 6.07) is 17.0. The molecule has 1 amide bonds. The Labute approximate surface area is 325 Å². The molecule has 4 atom stereocenters. The molecule has 4 rings (SSSR count). The van der Waals surface area contributed by atoms with Crippen LogP contribution >= 0.6 is 0 Å². The van der Waals surface area contributed by atoms with Gasteiger partial charge in [-0.3, -0.25) is 9.59 Å². The van der Waals surface area contributed by atoms with Crippen LogP contribution in [0.1, 0.15) is 117 Å². The zero-order valence-electron chi connectivity index (χ0n) is 35.0. The zero-order chi connectivity index (χ0) is 39.7. The number of esters is 2. The van der Waals surface area contributed by atoms with Crippen molar-refractivity contribution in [1.82, 2.24) is 15.1 Å². The number of ether oxygens (including phenoxy) is 3. The lowest BCUT2D eigenvalue weighted by atomic mass is 9.85. The van der Waals surface area contributed by atoms with Gasteiger partial charge in [-0.2, -0.15) is 0 Å². The molecule has 300 valence electrons. The van der Waals surface area contributed by atoms with Gasteiger partial charge in [0.15, 0.2) is 0 Å². The quantitative estimate of drug-likeness (QED) is 0.144. The highest BCUT2D eigenvalue weighted by atomic mass is 16.6. The first-order valence-electron chi connectivity index (χ1n) is 20.3. The summed E-state index contributed by atoms with van der Waals surface area (Å²) in [4.78, 5) is 44.2. The van der Waals surface area contributed by atoms with Crippen LogP contribution in [0.15, 0.2) is 48.5 Å². The lowest BCUT2D eigenvalue weighted by Crippen LogP contribution is -2.38. The molecule has 0 saturated carbocycles. The summed E-state index contributed by atoms with van der Waals surface area (Å²) in [5.74, 6) is -0.594. The van der Waals surface area contributed by atoms with E-state index in [1.807, 2.05) is 68.4 Å². The van der Waals surface area contributed by atoms with Crippen LogP contribution in [-0.2, 0) is 49.7 Å². The normalized spacial score (nSPS) is 19.4. The minimum absolute atomic E-state index is 0.0231. The van der Waals surface area contributed by atoms with Crippen molar-refractivity contribution in [2.24, 2.45) is 23.7 Å². The SMILES string of the molecule is CCCCN1CC[C@H]([C@H](Cc2cccc(CNCc3cccc(C[C@H](C(=O)OC(C)(C)C)[C@H]4CCN(C(=O)OC(C)(C)C)C4)c3)c2)C(=O)OC(C)(C)C)C1. The highest BCUT2D eigenvalue weighted by Crippen LogP contribution is 2.32. The van der Waals surface area contributed by atoms with E-state index in [0.717, 1.165) is 49.2 Å². The molecule has 0 radical (unpaired) electrons. The molecule has 2 saturated heterocycles. The van der Waals surface area contributed by atoms with E-state index in [9.17, 15) is 14.4 Å². The fourth-order valence-electron chi connectivity index (χ4n) is 7.62. The Morgan fingerprint density at radius 3 is 1.63 bits per heavy atom. The summed E-state index contributed by atoms with van der Waals surface area (Å²) in [7, 11) is 0. The predicted molar refractivity (Wildman–Crippen MR) is 215 cm³/mol. The van der Waals surface area contributed by atoms with Crippen molar-refractivity contribution in [3.05, 3.63) is 70.8 Å². The average Bonchev–Trinajstić information content (AvgIpc) is 3.74. The Kier molecular flexibility index (Phi) is 15.2. The van der Waals surface area contributed by atoms with E-state index in [1.54, 1.807) is 4.90 Å². The van der Waals surface area contributed by atoms with Gasteiger partial charge in [0.25, 0.3) is 0 Å². The van der Waals surface area contributed by atoms with Crippen LogP contribution in [0, 0.1) is 23.7 Å². The average molecular weight is 748 g/mol. The van der Waals surface area contributed by atoms with Gasteiger partial charge in [-0.05, 0) is 142 Å². The molecule has 2 aliphatic heterocycles. The summed E-state index contributed by atoms with van der Waals surface area (Å²) in [6.45, 7) is 24.8. The Morgan fingerprint density at radius 2 is 1.15 bits per heavy atom. The number of carbonyl (C=O) groups excluding carboxylic acids is 3. The predicted octanol–water partition coefficient (Wildman–Crippen LogP) is 8.36. The Morgan fingerprint density at radius 1 is 0.685 bits per heavy atom. The second kappa shape index (κ2) is 18.9. The molecule has 0 aromatic heterocycles. The van der Waals surface area contributed by atoms with Gasteiger partial charge in [0.05, 0.1) is 11.8 Å². The van der Waals surface area contributed by atoms with Crippen molar-refractivity contribution >= 4 is 18.0 Å². The van der Waals surface area contributed by atoms with Crippen molar-refractivity contribution in [1.29, 1.82) is 0 Å². The van der Waals surface area contributed by atoms with Crippen LogP contribution in [0.3, 0.4) is 0 Å². The first-order chi connectivity index (χ1) is 25.3. The summed E-state index contributed by atoms with van der Waals surface area (Å²) < 4.78 is 17.5. The van der Waals surface area contributed by atoms with E-state index in [4.69, 9.17) is 14.2 Å². The third-order valence-electron chi connectivity index (χ3n) is 10.1. The molecular formula is C45H69N3O6. The maximum absolute atomic E-state index is 13.6. The first-order valence-corrected chi connectivity index (χ1v) is 20.3. The van der Waals surface area contributed by atoms with Crippen LogP contribution in [-0.4, -0.2) is 77.4 Å². The van der Waals surface area contributed by atoms with Crippen molar-refractivity contribution in [2.75, 3.05) is 32.7 Å². The number of hydrogen-bond acceptors (Lipinski definition) is 8. The molecule has 2 heterocycles. The molecule has 0 spiro atoms. The molecule has 0 bridgehead atoms. The molecule has 0 aliphatic carbocycles. The van der Waals surface area contributed by atoms with Crippen molar-refractivity contribution in [3.8, 4) is 0 Å². The van der Waals surface area contributed by atoms with Crippen molar-refractivity contribution in [3.63, 3.8) is 0 Å². The lowest BCUT2D eigenvalue weighted by molar-refractivity contribution is -0.163. The van der Waals surface area contributed by atoms with Gasteiger partial charge in [0, 0.05) is 32.7 Å². The van der Waals surface area contributed by atoms with E-state index in [1.165, 1.54) is 18.4 Å². The van der Waals surface area contributed by atoms with Gasteiger partial charge in [0.1, 0.15) is 16.8 Å². The molecule has 2 aromatic carbocycles. The Hall–Kier alpha value is -3.43. The Balaban J connectivity index is 1.39. The van der Waals surface area contributed by atoms with Crippen LogP contribution < -0.4 is 5.32 Å². The fourth-order valence-corrected chi connectivity index (χ4v) is 7.62. The van der Waals surface area contributed by atoms with Crippen LogP contribution in [0.5, 0.6) is 0 Å². The van der Waals surface area contributed by atoms with Gasteiger partial charge in [-0.25, -0.2) is 4.79 Å². The van der Waals surface area contributed by atoms with E-state index >= 15 is 0 Å². The summed E-state index contributed by atoms with van der Waals surface area (Å²) in [5, 5.41) is 3.61. The number of carbonyl (C=O) groups is 3. The zero-order valence-corrected chi connectivity index (χ0v) is 35.0. The number of nitrogens with one attached hydrogen (secondary N) is 1. The summed E-state index contributed by atoms with van der Waals surface area (Å²) in [6.07, 6.45) is 4.98. The largest absolute Gasteiger partial charge is 0.460 e. The fraction of sp³-hybridized carbons (Fsp3) is 0.667. The molecule has 54 heavy (non-hydrogen) atoms. The molecule has 2 aromatic rings. The van der Waals surface area contributed by atoms with Crippen LogP contribution in [0.2, 0.25) is 0 Å².